The predicted molar refractivity (Wildman–Crippen MR) is 104 cm³/mol. The molecule has 6 aliphatic carbocycles. The van der Waals surface area contributed by atoms with Crippen LogP contribution >= 0.6 is 0 Å². The summed E-state index contributed by atoms with van der Waals surface area (Å²) in [6.07, 6.45) is 12.0. The van der Waals surface area contributed by atoms with E-state index in [4.69, 9.17) is 4.74 Å². The zero-order valence-corrected chi connectivity index (χ0v) is 17.0. The zero-order chi connectivity index (χ0) is 18.8. The quantitative estimate of drug-likeness (QED) is 0.483. The van der Waals surface area contributed by atoms with Crippen LogP contribution in [-0.2, 0) is 14.3 Å². The van der Waals surface area contributed by atoms with Gasteiger partial charge in [0.2, 0.25) is 0 Å². The van der Waals surface area contributed by atoms with Crippen LogP contribution in [-0.4, -0.2) is 17.4 Å². The Morgan fingerprint density at radius 1 is 1.00 bits per heavy atom. The number of hydrogen-bond acceptors (Lipinski definition) is 3. The number of carbonyl (C=O) groups excluding carboxylic acids is 2. The van der Waals surface area contributed by atoms with E-state index in [-0.39, 0.29) is 17.0 Å². The van der Waals surface area contributed by atoms with E-state index >= 15 is 0 Å². The van der Waals surface area contributed by atoms with Crippen LogP contribution in [0.2, 0.25) is 0 Å². The fraction of sp³-hybridized carbons (Fsp3) is 0.840. The maximum atomic E-state index is 12.2. The maximum absolute atomic E-state index is 12.2. The first-order valence-electron chi connectivity index (χ1n) is 12.0. The largest absolute Gasteiger partial charge is 0.458 e. The molecule has 0 bridgehead atoms. The van der Waals surface area contributed by atoms with Gasteiger partial charge < -0.3 is 4.74 Å². The minimum Gasteiger partial charge on any atom is -0.458 e. The molecule has 1 heterocycles. The molecule has 7 aliphatic rings. The average Bonchev–Trinajstić information content (AvgIpc) is 3.59. The van der Waals surface area contributed by atoms with E-state index in [1.807, 2.05) is 0 Å². The minimum atomic E-state index is -0.129. The topological polar surface area (TPSA) is 43.4 Å². The second-order valence-electron chi connectivity index (χ2n) is 11.6. The standard InChI is InChI=1S/C25H32O3/c1-24-8-6-17-16-5-4-15(26)10-14(16)11-18(13-2-3-13)22(17)23(24)19-12-20(19)25(24)9-7-21(27)28-25/h13,17-20,22-23H,2-12H2,1H3/t17?,18-,19?,20?,22?,23?,24-,25-/m0/s1. The molecule has 5 unspecified atom stereocenters. The minimum absolute atomic E-state index is 0.0628. The monoisotopic (exact) mass is 380 g/mol. The van der Waals surface area contributed by atoms with Crippen LogP contribution < -0.4 is 0 Å². The van der Waals surface area contributed by atoms with Crippen molar-refractivity contribution in [3.63, 3.8) is 0 Å². The Morgan fingerprint density at radius 3 is 2.61 bits per heavy atom. The fourth-order valence-corrected chi connectivity index (χ4v) is 9.51. The molecule has 8 atom stereocenters. The molecule has 0 amide bonds. The first-order valence-corrected chi connectivity index (χ1v) is 12.0. The van der Waals surface area contributed by atoms with E-state index in [2.05, 4.69) is 6.92 Å². The molecule has 1 aliphatic heterocycles. The summed E-state index contributed by atoms with van der Waals surface area (Å²) in [5.41, 5.74) is 3.34. The van der Waals surface area contributed by atoms with Gasteiger partial charge in [-0.05, 0) is 86.9 Å². The molecule has 3 nitrogen and oxygen atoms in total. The van der Waals surface area contributed by atoms with Gasteiger partial charge in [-0.3, -0.25) is 9.59 Å². The zero-order valence-electron chi connectivity index (χ0n) is 17.0. The molecular formula is C25H32O3. The van der Waals surface area contributed by atoms with Crippen molar-refractivity contribution in [3.8, 4) is 0 Å². The lowest BCUT2D eigenvalue weighted by Gasteiger charge is -2.58. The van der Waals surface area contributed by atoms with Gasteiger partial charge in [-0.1, -0.05) is 18.1 Å². The Hall–Kier alpha value is -1.12. The molecule has 5 fully saturated rings. The lowest BCUT2D eigenvalue weighted by molar-refractivity contribution is -0.174. The van der Waals surface area contributed by atoms with E-state index in [9.17, 15) is 9.59 Å². The van der Waals surface area contributed by atoms with Gasteiger partial charge >= 0.3 is 5.97 Å². The summed E-state index contributed by atoms with van der Waals surface area (Å²) in [4.78, 5) is 24.4. The highest BCUT2D eigenvalue weighted by Crippen LogP contribution is 2.79. The highest BCUT2D eigenvalue weighted by molar-refractivity contribution is 5.83. The molecule has 0 aromatic rings. The van der Waals surface area contributed by atoms with Crippen molar-refractivity contribution in [1.82, 2.24) is 0 Å². The van der Waals surface area contributed by atoms with Gasteiger partial charge in [0, 0.05) is 30.6 Å². The Labute approximate surface area is 167 Å². The van der Waals surface area contributed by atoms with Gasteiger partial charge in [0.15, 0.2) is 0 Å². The summed E-state index contributed by atoms with van der Waals surface area (Å²) in [5.74, 6) is 5.97. The highest BCUT2D eigenvalue weighted by atomic mass is 16.6. The second-order valence-corrected chi connectivity index (χ2v) is 11.6. The summed E-state index contributed by atoms with van der Waals surface area (Å²) in [6.45, 7) is 2.51. The number of ketones is 1. The van der Waals surface area contributed by atoms with E-state index in [0.717, 1.165) is 61.2 Å². The normalized spacial score (nSPS) is 54.2. The summed E-state index contributed by atoms with van der Waals surface area (Å²) >= 11 is 0. The van der Waals surface area contributed by atoms with E-state index in [1.54, 1.807) is 11.1 Å². The van der Waals surface area contributed by atoms with Gasteiger partial charge in [0.25, 0.3) is 0 Å². The van der Waals surface area contributed by atoms with Crippen molar-refractivity contribution >= 4 is 11.8 Å². The van der Waals surface area contributed by atoms with Crippen molar-refractivity contribution < 1.29 is 14.3 Å². The molecule has 0 aromatic carbocycles. The van der Waals surface area contributed by atoms with Crippen LogP contribution in [0.15, 0.2) is 11.1 Å². The summed E-state index contributed by atoms with van der Waals surface area (Å²) < 4.78 is 6.25. The van der Waals surface area contributed by atoms with Crippen LogP contribution in [0, 0.1) is 46.8 Å². The third-order valence-corrected chi connectivity index (χ3v) is 10.6. The van der Waals surface area contributed by atoms with Crippen molar-refractivity contribution in [3.05, 3.63) is 11.1 Å². The number of Topliss-reactive ketones (excluding diaryl/α,β-unsaturated/α-hetero) is 1. The SMILES string of the molecule is C[C@]12CCC3C4=C(CC(=O)CC4)C[C@@H](C4CC4)C3C1C1CC1[C@@]21CCC(=O)O1. The number of esters is 1. The Kier molecular flexibility index (Phi) is 3.05. The number of ether oxygens (including phenoxy) is 1. The van der Waals surface area contributed by atoms with Gasteiger partial charge in [-0.25, -0.2) is 0 Å². The third kappa shape index (κ3) is 1.88. The fourth-order valence-electron chi connectivity index (χ4n) is 9.51. The molecule has 7 rings (SSSR count). The molecule has 0 radical (unpaired) electrons. The molecule has 28 heavy (non-hydrogen) atoms. The van der Waals surface area contributed by atoms with Gasteiger partial charge in [-0.2, -0.15) is 0 Å². The van der Waals surface area contributed by atoms with Crippen molar-refractivity contribution in [2.75, 3.05) is 0 Å². The van der Waals surface area contributed by atoms with Crippen LogP contribution in [0.1, 0.15) is 77.6 Å². The number of hydrogen-bond donors (Lipinski definition) is 0. The van der Waals surface area contributed by atoms with Crippen LogP contribution in [0.5, 0.6) is 0 Å². The third-order valence-electron chi connectivity index (χ3n) is 10.6. The highest BCUT2D eigenvalue weighted by Gasteiger charge is 2.79. The first-order chi connectivity index (χ1) is 13.5. The molecular weight excluding hydrogens is 348 g/mol. The van der Waals surface area contributed by atoms with Crippen LogP contribution in [0.25, 0.3) is 0 Å². The Morgan fingerprint density at radius 2 is 1.86 bits per heavy atom. The Bertz CT molecular complexity index is 822. The molecule has 1 saturated heterocycles. The molecule has 1 spiro atoms. The van der Waals surface area contributed by atoms with E-state index < -0.39 is 0 Å². The summed E-state index contributed by atoms with van der Waals surface area (Å²) in [5, 5.41) is 0. The smallest absolute Gasteiger partial charge is 0.306 e. The molecule has 3 heteroatoms. The summed E-state index contributed by atoms with van der Waals surface area (Å²) in [6, 6.07) is 0. The number of fused-ring (bicyclic) bond motifs is 8. The molecule has 0 N–H and O–H groups in total. The molecule has 0 aromatic heterocycles. The van der Waals surface area contributed by atoms with Crippen molar-refractivity contribution in [2.24, 2.45) is 46.8 Å². The van der Waals surface area contributed by atoms with E-state index in [1.165, 1.54) is 38.5 Å². The van der Waals surface area contributed by atoms with Gasteiger partial charge in [-0.15, -0.1) is 0 Å². The number of allylic oxidation sites excluding steroid dienone is 2. The average molecular weight is 381 g/mol. The maximum Gasteiger partial charge on any atom is 0.306 e. The number of rotatable bonds is 1. The van der Waals surface area contributed by atoms with Crippen LogP contribution in [0.4, 0.5) is 0 Å². The van der Waals surface area contributed by atoms with Gasteiger partial charge in [0.1, 0.15) is 11.4 Å². The second kappa shape index (κ2) is 5.13. The van der Waals surface area contributed by atoms with Crippen molar-refractivity contribution in [2.45, 2.75) is 83.2 Å². The lowest BCUT2D eigenvalue weighted by Crippen LogP contribution is -2.55. The predicted octanol–water partition coefficient (Wildman–Crippen LogP) is 4.84. The lowest BCUT2D eigenvalue weighted by atomic mass is 9.47. The van der Waals surface area contributed by atoms with Crippen molar-refractivity contribution in [1.29, 1.82) is 0 Å². The first kappa shape index (κ1) is 16.7. The number of carbonyl (C=O) groups is 2. The van der Waals surface area contributed by atoms with Crippen LogP contribution in [0.3, 0.4) is 0 Å². The Balaban J connectivity index is 1.33. The molecule has 150 valence electrons. The molecule has 4 saturated carbocycles. The summed E-state index contributed by atoms with van der Waals surface area (Å²) in [7, 11) is 0. The van der Waals surface area contributed by atoms with Gasteiger partial charge in [0.05, 0.1) is 0 Å². The van der Waals surface area contributed by atoms with E-state index in [0.29, 0.717) is 18.1 Å².